The van der Waals surface area contributed by atoms with Gasteiger partial charge in [-0.15, -0.1) is 0 Å². The number of hydrogen-bond donors (Lipinski definition) is 1. The summed E-state index contributed by atoms with van der Waals surface area (Å²) in [5.74, 6) is 0. The third kappa shape index (κ3) is 3.88. The largest absolute Gasteiger partial charge is 0.418 e. The number of anilines is 3. The quantitative estimate of drug-likeness (QED) is 0.641. The highest BCUT2D eigenvalue weighted by molar-refractivity contribution is 6.08. The Morgan fingerprint density at radius 2 is 1.87 bits per heavy atom. The number of carbonyl (C=O) groups is 2. The maximum Gasteiger partial charge on any atom is 0.418 e. The zero-order chi connectivity index (χ0) is 22.1. The van der Waals surface area contributed by atoms with E-state index in [1.807, 2.05) is 0 Å². The van der Waals surface area contributed by atoms with Crippen molar-refractivity contribution in [1.82, 2.24) is 14.9 Å². The fraction of sp³-hybridized carbons (Fsp3) is 0.200. The predicted octanol–water partition coefficient (Wildman–Crippen LogP) is 4.35. The number of hydrogen-bond acceptors (Lipinski definition) is 4. The monoisotopic (exact) mass is 417 g/mol. The number of fused-ring (bicyclic) bond motifs is 1. The van der Waals surface area contributed by atoms with Crippen LogP contribution in [0.25, 0.3) is 10.9 Å². The molecule has 0 radical (unpaired) electrons. The van der Waals surface area contributed by atoms with E-state index in [4.69, 9.17) is 0 Å². The van der Waals surface area contributed by atoms with Crippen molar-refractivity contribution < 1.29 is 22.8 Å². The van der Waals surface area contributed by atoms with Crippen molar-refractivity contribution in [3.05, 3.63) is 54.0 Å². The molecule has 2 aromatic heterocycles. The van der Waals surface area contributed by atoms with E-state index >= 15 is 0 Å². The lowest BCUT2D eigenvalue weighted by atomic mass is 10.1. The standard InChI is InChI=1S/C20H18F3N5O2/c1-12-9-25-18-13(17(12)26-19(30)27(2)3)5-4-6-15(18)28(11-29)16-10-24-8-7-14(16)20(21,22)23/h4-11H,1-3H3,(H,25,26,30). The normalized spacial score (nSPS) is 11.3. The van der Waals surface area contributed by atoms with Gasteiger partial charge in [0, 0.05) is 31.9 Å². The van der Waals surface area contributed by atoms with Crippen molar-refractivity contribution in [2.24, 2.45) is 0 Å². The number of carbonyl (C=O) groups excluding carboxylic acids is 2. The van der Waals surface area contributed by atoms with Gasteiger partial charge in [-0.1, -0.05) is 12.1 Å². The number of urea groups is 1. The van der Waals surface area contributed by atoms with Crippen LogP contribution in [-0.2, 0) is 11.0 Å². The molecule has 7 nitrogen and oxygen atoms in total. The minimum Gasteiger partial charge on any atom is -0.331 e. The van der Waals surface area contributed by atoms with Crippen LogP contribution in [0.4, 0.5) is 35.0 Å². The Bertz CT molecular complexity index is 1120. The van der Waals surface area contributed by atoms with E-state index in [1.165, 1.54) is 17.2 Å². The minimum absolute atomic E-state index is 0.126. The number of aromatic nitrogens is 2. The average molecular weight is 417 g/mol. The first-order chi connectivity index (χ1) is 14.1. The lowest BCUT2D eigenvalue weighted by Gasteiger charge is -2.23. The predicted molar refractivity (Wildman–Crippen MR) is 107 cm³/mol. The number of nitrogens with one attached hydrogen (secondary N) is 1. The summed E-state index contributed by atoms with van der Waals surface area (Å²) in [5.41, 5.74) is 0.0599. The number of halogens is 3. The fourth-order valence-corrected chi connectivity index (χ4v) is 2.95. The van der Waals surface area contributed by atoms with E-state index in [2.05, 4.69) is 15.3 Å². The molecule has 0 spiro atoms. The Balaban J connectivity index is 2.22. The number of para-hydroxylation sites is 1. The van der Waals surface area contributed by atoms with E-state index in [-0.39, 0.29) is 23.6 Å². The topological polar surface area (TPSA) is 78.4 Å². The summed E-state index contributed by atoms with van der Waals surface area (Å²) in [6, 6.07) is 5.14. The van der Waals surface area contributed by atoms with Crippen molar-refractivity contribution in [1.29, 1.82) is 0 Å². The maximum absolute atomic E-state index is 13.5. The molecule has 0 aliphatic heterocycles. The Morgan fingerprint density at radius 3 is 2.50 bits per heavy atom. The summed E-state index contributed by atoms with van der Waals surface area (Å²) in [5, 5.41) is 3.24. The minimum atomic E-state index is -4.68. The van der Waals surface area contributed by atoms with Crippen LogP contribution in [0.15, 0.2) is 42.9 Å². The zero-order valence-corrected chi connectivity index (χ0v) is 16.4. The SMILES string of the molecule is Cc1cnc2c(N(C=O)c3cnccc3C(F)(F)F)cccc2c1NC(=O)N(C)C. The molecule has 1 aromatic carbocycles. The molecule has 0 aliphatic rings. The number of alkyl halides is 3. The molecule has 30 heavy (non-hydrogen) atoms. The van der Waals surface area contributed by atoms with E-state index in [9.17, 15) is 22.8 Å². The summed E-state index contributed by atoms with van der Waals surface area (Å²) < 4.78 is 40.4. The molecule has 0 unspecified atom stereocenters. The van der Waals surface area contributed by atoms with E-state index in [1.54, 1.807) is 33.2 Å². The number of rotatable bonds is 4. The Labute approximate surface area is 170 Å². The molecule has 0 atom stereocenters. The maximum atomic E-state index is 13.5. The second kappa shape index (κ2) is 7.97. The van der Waals surface area contributed by atoms with E-state index in [0.717, 1.165) is 23.4 Å². The molecule has 1 N–H and O–H groups in total. The molecule has 2 heterocycles. The van der Waals surface area contributed by atoms with Crippen molar-refractivity contribution in [2.45, 2.75) is 13.1 Å². The van der Waals surface area contributed by atoms with Gasteiger partial charge in [0.05, 0.1) is 34.3 Å². The summed E-state index contributed by atoms with van der Waals surface area (Å²) in [4.78, 5) is 34.3. The van der Waals surface area contributed by atoms with Gasteiger partial charge >= 0.3 is 12.2 Å². The highest BCUT2D eigenvalue weighted by Crippen LogP contribution is 2.40. The van der Waals surface area contributed by atoms with E-state index < -0.39 is 17.4 Å². The molecule has 0 bridgehead atoms. The summed E-state index contributed by atoms with van der Waals surface area (Å²) in [7, 11) is 3.16. The molecule has 0 fully saturated rings. The Hall–Kier alpha value is -3.69. The molecule has 0 aliphatic carbocycles. The Kier molecular flexibility index (Phi) is 5.59. The summed E-state index contributed by atoms with van der Waals surface area (Å²) in [6.07, 6.45) is -0.943. The molecule has 0 saturated carbocycles. The lowest BCUT2D eigenvalue weighted by molar-refractivity contribution is -0.137. The van der Waals surface area contributed by atoms with Gasteiger partial charge in [0.2, 0.25) is 6.41 Å². The van der Waals surface area contributed by atoms with E-state index in [0.29, 0.717) is 16.6 Å². The van der Waals surface area contributed by atoms with Crippen LogP contribution >= 0.6 is 0 Å². The number of nitrogens with zero attached hydrogens (tertiary/aromatic N) is 4. The molecule has 10 heteroatoms. The van der Waals surface area contributed by atoms with Crippen LogP contribution in [0, 0.1) is 6.92 Å². The van der Waals surface area contributed by atoms with Gasteiger partial charge < -0.3 is 10.2 Å². The van der Waals surface area contributed by atoms with Crippen LogP contribution in [0.1, 0.15) is 11.1 Å². The van der Waals surface area contributed by atoms with Gasteiger partial charge in [-0.05, 0) is 24.6 Å². The summed E-state index contributed by atoms with van der Waals surface area (Å²) in [6.45, 7) is 1.74. The van der Waals surface area contributed by atoms with Gasteiger partial charge in [-0.25, -0.2) is 4.79 Å². The lowest BCUT2D eigenvalue weighted by Crippen LogP contribution is -2.27. The van der Waals surface area contributed by atoms with Crippen molar-refractivity contribution in [2.75, 3.05) is 24.3 Å². The molecule has 3 aromatic rings. The average Bonchev–Trinajstić information content (AvgIpc) is 2.70. The van der Waals surface area contributed by atoms with Crippen LogP contribution in [-0.4, -0.2) is 41.4 Å². The number of benzene rings is 1. The molecular formula is C20H18F3N5O2. The van der Waals surface area contributed by atoms with Crippen molar-refractivity contribution in [3.8, 4) is 0 Å². The molecule has 156 valence electrons. The fourth-order valence-electron chi connectivity index (χ4n) is 2.95. The summed E-state index contributed by atoms with van der Waals surface area (Å²) >= 11 is 0. The van der Waals surface area contributed by atoms with Gasteiger partial charge in [-0.2, -0.15) is 13.2 Å². The highest BCUT2D eigenvalue weighted by atomic mass is 19.4. The second-order valence-corrected chi connectivity index (χ2v) is 6.68. The van der Waals surface area contributed by atoms with Crippen LogP contribution in [0.3, 0.4) is 0 Å². The highest BCUT2D eigenvalue weighted by Gasteiger charge is 2.35. The third-order valence-corrected chi connectivity index (χ3v) is 4.43. The molecule has 0 saturated heterocycles. The van der Waals surface area contributed by atoms with Crippen molar-refractivity contribution in [3.63, 3.8) is 0 Å². The number of aryl methyl sites for hydroxylation is 1. The van der Waals surface area contributed by atoms with Gasteiger partial charge in [0.15, 0.2) is 0 Å². The van der Waals surface area contributed by atoms with Crippen LogP contribution < -0.4 is 10.2 Å². The first-order valence-corrected chi connectivity index (χ1v) is 8.77. The number of amides is 3. The third-order valence-electron chi connectivity index (χ3n) is 4.43. The van der Waals surface area contributed by atoms with Gasteiger partial charge in [-0.3, -0.25) is 19.7 Å². The van der Waals surface area contributed by atoms with Crippen molar-refractivity contribution >= 4 is 40.4 Å². The Morgan fingerprint density at radius 1 is 1.13 bits per heavy atom. The zero-order valence-electron chi connectivity index (χ0n) is 16.4. The molecule has 3 rings (SSSR count). The van der Waals surface area contributed by atoms with Gasteiger partial charge in [0.25, 0.3) is 0 Å². The van der Waals surface area contributed by atoms with Gasteiger partial charge in [0.1, 0.15) is 0 Å². The first-order valence-electron chi connectivity index (χ1n) is 8.77. The second-order valence-electron chi connectivity index (χ2n) is 6.68. The first kappa shape index (κ1) is 21.0. The van der Waals surface area contributed by atoms with Crippen LogP contribution in [0.2, 0.25) is 0 Å². The molecule has 3 amide bonds. The van der Waals surface area contributed by atoms with Crippen LogP contribution in [0.5, 0.6) is 0 Å². The smallest absolute Gasteiger partial charge is 0.331 e. The number of pyridine rings is 2. The molecular weight excluding hydrogens is 399 g/mol.